The second-order valence-electron chi connectivity index (χ2n) is 4.82. The summed E-state index contributed by atoms with van der Waals surface area (Å²) in [6.45, 7) is 0.252. The minimum Gasteiger partial charge on any atom is -0.337 e. The van der Waals surface area contributed by atoms with Gasteiger partial charge in [-0.3, -0.25) is 14.9 Å². The third-order valence-corrected chi connectivity index (χ3v) is 4.06. The molecule has 2 rings (SSSR count). The Morgan fingerprint density at radius 3 is 2.39 bits per heavy atom. The van der Waals surface area contributed by atoms with Crippen molar-refractivity contribution in [2.24, 2.45) is 0 Å². The number of rotatable bonds is 4. The Labute approximate surface area is 147 Å². The molecule has 23 heavy (non-hydrogen) atoms. The zero-order chi connectivity index (χ0) is 17.1. The number of nitrogens with zero attached hydrogens (tertiary/aromatic N) is 2. The molecule has 0 saturated heterocycles. The van der Waals surface area contributed by atoms with Crippen LogP contribution >= 0.6 is 34.8 Å². The standard InChI is InChI=1S/C15H11Cl3N2O3/c1-19(8-9-2-3-10(16)6-13(9)17)15(21)12-5-4-11(20(22)23)7-14(12)18/h2-7H,8H2,1H3. The van der Waals surface area contributed by atoms with E-state index >= 15 is 0 Å². The Balaban J connectivity index is 2.21. The van der Waals surface area contributed by atoms with Crippen LogP contribution in [0.25, 0.3) is 0 Å². The van der Waals surface area contributed by atoms with Crippen molar-refractivity contribution in [3.05, 3.63) is 72.7 Å². The molecule has 2 aromatic rings. The van der Waals surface area contributed by atoms with Crippen molar-refractivity contribution >= 4 is 46.4 Å². The fourth-order valence-corrected chi connectivity index (χ4v) is 2.70. The largest absolute Gasteiger partial charge is 0.337 e. The summed E-state index contributed by atoms with van der Waals surface area (Å²) in [5.41, 5.74) is 0.741. The lowest BCUT2D eigenvalue weighted by Crippen LogP contribution is -2.26. The highest BCUT2D eigenvalue weighted by atomic mass is 35.5. The van der Waals surface area contributed by atoms with Crippen molar-refractivity contribution in [3.8, 4) is 0 Å². The molecule has 8 heteroatoms. The first-order valence-electron chi connectivity index (χ1n) is 6.43. The number of amides is 1. The normalized spacial score (nSPS) is 10.4. The van der Waals surface area contributed by atoms with E-state index in [1.165, 1.54) is 17.0 Å². The summed E-state index contributed by atoms with van der Waals surface area (Å²) < 4.78 is 0. The summed E-state index contributed by atoms with van der Waals surface area (Å²) in [6, 6.07) is 8.73. The van der Waals surface area contributed by atoms with Gasteiger partial charge in [-0.05, 0) is 23.8 Å². The van der Waals surface area contributed by atoms with Crippen molar-refractivity contribution in [1.82, 2.24) is 4.90 Å². The molecule has 0 aromatic heterocycles. The Hall–Kier alpha value is -1.82. The zero-order valence-corrected chi connectivity index (χ0v) is 14.2. The molecule has 2 aromatic carbocycles. The summed E-state index contributed by atoms with van der Waals surface area (Å²) >= 11 is 17.9. The molecule has 0 fully saturated rings. The van der Waals surface area contributed by atoms with Crippen LogP contribution in [-0.4, -0.2) is 22.8 Å². The number of carbonyl (C=O) groups is 1. The van der Waals surface area contributed by atoms with Crippen LogP contribution in [0.1, 0.15) is 15.9 Å². The van der Waals surface area contributed by atoms with E-state index < -0.39 is 4.92 Å². The first-order valence-corrected chi connectivity index (χ1v) is 7.56. The molecule has 0 aliphatic heterocycles. The van der Waals surface area contributed by atoms with Crippen LogP contribution < -0.4 is 0 Å². The lowest BCUT2D eigenvalue weighted by Gasteiger charge is -2.18. The maximum absolute atomic E-state index is 12.4. The van der Waals surface area contributed by atoms with E-state index in [1.807, 2.05) is 0 Å². The van der Waals surface area contributed by atoms with Gasteiger partial charge in [0.25, 0.3) is 11.6 Å². The maximum Gasteiger partial charge on any atom is 0.270 e. The van der Waals surface area contributed by atoms with Gasteiger partial charge in [-0.2, -0.15) is 0 Å². The summed E-state index contributed by atoms with van der Waals surface area (Å²) in [5.74, 6) is -0.365. The third-order valence-electron chi connectivity index (χ3n) is 3.16. The van der Waals surface area contributed by atoms with Crippen LogP contribution in [-0.2, 0) is 6.54 Å². The molecule has 0 heterocycles. The molecule has 0 unspecified atom stereocenters. The van der Waals surface area contributed by atoms with Gasteiger partial charge in [0, 0.05) is 35.8 Å². The predicted molar refractivity (Wildman–Crippen MR) is 90.4 cm³/mol. The second-order valence-corrected chi connectivity index (χ2v) is 6.07. The summed E-state index contributed by atoms with van der Waals surface area (Å²) in [7, 11) is 1.59. The smallest absolute Gasteiger partial charge is 0.270 e. The minimum atomic E-state index is -0.572. The van der Waals surface area contributed by atoms with Crippen molar-refractivity contribution in [2.45, 2.75) is 6.54 Å². The van der Waals surface area contributed by atoms with Gasteiger partial charge >= 0.3 is 0 Å². The van der Waals surface area contributed by atoms with Crippen LogP contribution in [0.5, 0.6) is 0 Å². The first-order chi connectivity index (χ1) is 10.8. The highest BCUT2D eigenvalue weighted by molar-refractivity contribution is 6.35. The molecular weight excluding hydrogens is 363 g/mol. The molecule has 0 atom stereocenters. The van der Waals surface area contributed by atoms with Gasteiger partial charge < -0.3 is 4.90 Å². The van der Waals surface area contributed by atoms with Crippen LogP contribution in [0.2, 0.25) is 15.1 Å². The summed E-state index contributed by atoms with van der Waals surface area (Å²) in [6.07, 6.45) is 0. The molecule has 120 valence electrons. The molecule has 0 radical (unpaired) electrons. The molecule has 1 amide bonds. The Bertz CT molecular complexity index is 781. The van der Waals surface area contributed by atoms with Gasteiger partial charge in [-0.1, -0.05) is 40.9 Å². The number of carbonyl (C=O) groups excluding carboxylic acids is 1. The van der Waals surface area contributed by atoms with Crippen molar-refractivity contribution in [2.75, 3.05) is 7.05 Å². The first kappa shape index (κ1) is 17.5. The zero-order valence-electron chi connectivity index (χ0n) is 11.9. The number of benzene rings is 2. The molecule has 0 aliphatic rings. The highest BCUT2D eigenvalue weighted by Gasteiger charge is 2.19. The van der Waals surface area contributed by atoms with Crippen molar-refractivity contribution < 1.29 is 9.72 Å². The SMILES string of the molecule is CN(Cc1ccc(Cl)cc1Cl)C(=O)c1ccc([N+](=O)[O-])cc1Cl. The number of non-ortho nitro benzene ring substituents is 1. The van der Waals surface area contributed by atoms with E-state index in [4.69, 9.17) is 34.8 Å². The summed E-state index contributed by atoms with van der Waals surface area (Å²) in [4.78, 5) is 24.0. The average molecular weight is 374 g/mol. The Morgan fingerprint density at radius 1 is 1.13 bits per heavy atom. The van der Waals surface area contributed by atoms with Gasteiger partial charge in [-0.15, -0.1) is 0 Å². The molecule has 0 aliphatic carbocycles. The van der Waals surface area contributed by atoms with Gasteiger partial charge in [0.2, 0.25) is 0 Å². The Morgan fingerprint density at radius 2 is 1.83 bits per heavy atom. The van der Waals surface area contributed by atoms with Crippen molar-refractivity contribution in [1.29, 1.82) is 0 Å². The fourth-order valence-electron chi connectivity index (χ4n) is 1.97. The number of nitro benzene ring substituents is 1. The molecular formula is C15H11Cl3N2O3. The van der Waals surface area contributed by atoms with E-state index in [9.17, 15) is 14.9 Å². The number of halogens is 3. The van der Waals surface area contributed by atoms with E-state index in [0.717, 1.165) is 11.6 Å². The average Bonchev–Trinajstić information content (AvgIpc) is 2.49. The summed E-state index contributed by atoms with van der Waals surface area (Å²) in [5, 5.41) is 11.7. The van der Waals surface area contributed by atoms with Gasteiger partial charge in [0.15, 0.2) is 0 Å². The number of nitro groups is 1. The third kappa shape index (κ3) is 4.13. The van der Waals surface area contributed by atoms with Gasteiger partial charge in [0.1, 0.15) is 0 Å². The van der Waals surface area contributed by atoms with E-state index in [-0.39, 0.29) is 28.7 Å². The quantitative estimate of drug-likeness (QED) is 0.569. The maximum atomic E-state index is 12.4. The molecule has 5 nitrogen and oxygen atoms in total. The monoisotopic (exact) mass is 372 g/mol. The van der Waals surface area contributed by atoms with E-state index in [1.54, 1.807) is 25.2 Å². The topological polar surface area (TPSA) is 63.5 Å². The van der Waals surface area contributed by atoms with Gasteiger partial charge in [0.05, 0.1) is 15.5 Å². The van der Waals surface area contributed by atoms with Crippen LogP contribution in [0.4, 0.5) is 5.69 Å². The fraction of sp³-hybridized carbons (Fsp3) is 0.133. The molecule has 0 N–H and O–H groups in total. The minimum absolute atomic E-state index is 0.0262. The van der Waals surface area contributed by atoms with E-state index in [2.05, 4.69) is 0 Å². The molecule has 0 bridgehead atoms. The molecule has 0 saturated carbocycles. The second kappa shape index (κ2) is 7.17. The number of hydrogen-bond donors (Lipinski definition) is 0. The van der Waals surface area contributed by atoms with Crippen molar-refractivity contribution in [3.63, 3.8) is 0 Å². The van der Waals surface area contributed by atoms with Crippen LogP contribution in [0, 0.1) is 10.1 Å². The van der Waals surface area contributed by atoms with Crippen LogP contribution in [0.3, 0.4) is 0 Å². The van der Waals surface area contributed by atoms with E-state index in [0.29, 0.717) is 10.0 Å². The number of hydrogen-bond acceptors (Lipinski definition) is 3. The van der Waals surface area contributed by atoms with Crippen LogP contribution in [0.15, 0.2) is 36.4 Å². The predicted octanol–water partition coefficient (Wildman–Crippen LogP) is 4.83. The highest BCUT2D eigenvalue weighted by Crippen LogP contribution is 2.25. The molecule has 0 spiro atoms. The van der Waals surface area contributed by atoms with Gasteiger partial charge in [-0.25, -0.2) is 0 Å². The lowest BCUT2D eigenvalue weighted by molar-refractivity contribution is -0.384. The lowest BCUT2D eigenvalue weighted by atomic mass is 10.1. The Kier molecular flexibility index (Phi) is 5.46.